The molecule has 0 aromatic heterocycles. The van der Waals surface area contributed by atoms with E-state index in [9.17, 15) is 9.59 Å². The largest absolute Gasteiger partial charge is 0.467 e. The van der Waals surface area contributed by atoms with Gasteiger partial charge in [0.2, 0.25) is 5.91 Å². The first-order chi connectivity index (χ1) is 12.5. The molecule has 2 N–H and O–H groups in total. The Hall–Kier alpha value is -1.70. The van der Waals surface area contributed by atoms with E-state index in [0.717, 1.165) is 0 Å². The molecule has 1 heterocycles. The van der Waals surface area contributed by atoms with Crippen LogP contribution in [-0.4, -0.2) is 42.9 Å². The number of hydrogen-bond donors (Lipinski definition) is 1. The number of rotatable bonds is 5. The average Bonchev–Trinajstić information content (AvgIpc) is 2.99. The van der Waals surface area contributed by atoms with E-state index in [1.165, 1.54) is 12.0 Å². The highest BCUT2D eigenvalue weighted by Crippen LogP contribution is 2.45. The van der Waals surface area contributed by atoms with Gasteiger partial charge in [-0.3, -0.25) is 4.79 Å². The molecule has 0 radical (unpaired) electrons. The first-order valence-electron chi connectivity index (χ1n) is 8.43. The van der Waals surface area contributed by atoms with Crippen LogP contribution in [0.1, 0.15) is 38.8 Å². The molecule has 1 fully saturated rings. The molecule has 1 aliphatic heterocycles. The molecule has 1 aromatic carbocycles. The van der Waals surface area contributed by atoms with Gasteiger partial charge in [0.25, 0.3) is 0 Å². The van der Waals surface area contributed by atoms with Crippen molar-refractivity contribution in [2.75, 3.05) is 20.4 Å². The minimum Gasteiger partial charge on any atom is -0.467 e. The molecule has 2 rings (SSSR count). The first kappa shape index (κ1) is 21.6. The topological polar surface area (TPSA) is 91.1 Å². The molecule has 7 nitrogen and oxygen atoms in total. The van der Waals surface area contributed by atoms with Crippen LogP contribution in [0.3, 0.4) is 0 Å². The van der Waals surface area contributed by atoms with Crippen molar-refractivity contribution in [3.05, 3.63) is 27.7 Å². The van der Waals surface area contributed by atoms with Gasteiger partial charge >= 0.3 is 6.09 Å². The fourth-order valence-electron chi connectivity index (χ4n) is 2.95. The molecule has 27 heavy (non-hydrogen) atoms. The van der Waals surface area contributed by atoms with Crippen LogP contribution in [0.5, 0.6) is 5.75 Å². The van der Waals surface area contributed by atoms with Crippen molar-refractivity contribution in [1.29, 1.82) is 0 Å². The molecule has 2 atom stereocenters. The van der Waals surface area contributed by atoms with Crippen molar-refractivity contribution in [1.82, 2.24) is 4.90 Å². The summed E-state index contributed by atoms with van der Waals surface area (Å²) < 4.78 is 16.0. The van der Waals surface area contributed by atoms with Crippen molar-refractivity contribution in [2.24, 2.45) is 11.7 Å². The minimum atomic E-state index is -0.694. The molecule has 9 heteroatoms. The molecule has 0 bridgehead atoms. The summed E-state index contributed by atoms with van der Waals surface area (Å²) in [5, 5.41) is 0.553. The quantitative estimate of drug-likeness (QED) is 0.734. The van der Waals surface area contributed by atoms with Gasteiger partial charge in [0.05, 0.1) is 22.0 Å². The molecular weight excluding hydrogens is 395 g/mol. The number of ether oxygens (including phenoxy) is 3. The van der Waals surface area contributed by atoms with Crippen LogP contribution in [-0.2, 0) is 14.3 Å². The Balaban J connectivity index is 2.47. The lowest BCUT2D eigenvalue weighted by Crippen LogP contribution is -2.37. The van der Waals surface area contributed by atoms with Crippen LogP contribution in [0, 0.1) is 5.92 Å². The van der Waals surface area contributed by atoms with Crippen LogP contribution in [0.2, 0.25) is 10.0 Å². The lowest BCUT2D eigenvalue weighted by Gasteiger charge is -2.30. The zero-order valence-corrected chi connectivity index (χ0v) is 17.3. The third-order valence-corrected chi connectivity index (χ3v) is 4.91. The summed E-state index contributed by atoms with van der Waals surface area (Å²) in [7, 11) is 1.49. The number of nitrogens with two attached hydrogens (primary N) is 1. The van der Waals surface area contributed by atoms with E-state index in [1.807, 2.05) is 0 Å². The van der Waals surface area contributed by atoms with E-state index in [0.29, 0.717) is 16.3 Å². The molecule has 150 valence electrons. The second-order valence-electron chi connectivity index (χ2n) is 7.31. The predicted molar refractivity (Wildman–Crippen MR) is 102 cm³/mol. The number of carbonyl (C=O) groups excluding carboxylic acids is 2. The predicted octanol–water partition coefficient (Wildman–Crippen LogP) is 3.76. The monoisotopic (exact) mass is 418 g/mol. The SMILES string of the molecule is COCOc1ccc(Cl)c(Cl)c1C1CC(C(N)=O)CN1C(=O)OC(C)(C)C. The highest BCUT2D eigenvalue weighted by molar-refractivity contribution is 6.42. The standard InChI is InChI=1S/C18H24Cl2N2O5/c1-18(2,3)27-17(24)22-8-10(16(21)23)7-12(22)14-13(26-9-25-4)6-5-11(19)15(14)20/h5-6,10,12H,7-9H2,1-4H3,(H2,21,23). The van der Waals surface area contributed by atoms with Crippen LogP contribution in [0.15, 0.2) is 12.1 Å². The number of amides is 2. The highest BCUT2D eigenvalue weighted by Gasteiger charge is 2.42. The van der Waals surface area contributed by atoms with E-state index < -0.39 is 29.6 Å². The summed E-state index contributed by atoms with van der Waals surface area (Å²) >= 11 is 12.6. The number of halogens is 2. The van der Waals surface area contributed by atoms with E-state index in [-0.39, 0.29) is 24.8 Å². The Labute approximate surface area is 168 Å². The van der Waals surface area contributed by atoms with E-state index in [4.69, 9.17) is 43.1 Å². The number of nitrogens with zero attached hydrogens (tertiary/aromatic N) is 1. The van der Waals surface area contributed by atoms with E-state index in [1.54, 1.807) is 32.9 Å². The normalized spacial score (nSPS) is 19.9. The number of likely N-dealkylation sites (tertiary alicyclic amines) is 1. The van der Waals surface area contributed by atoms with Crippen LogP contribution in [0.25, 0.3) is 0 Å². The van der Waals surface area contributed by atoms with Crippen molar-refractivity contribution in [3.63, 3.8) is 0 Å². The van der Waals surface area contributed by atoms with Gasteiger partial charge in [0, 0.05) is 19.2 Å². The first-order valence-corrected chi connectivity index (χ1v) is 9.19. The maximum absolute atomic E-state index is 12.7. The van der Waals surface area contributed by atoms with Gasteiger partial charge in [0.1, 0.15) is 11.4 Å². The Morgan fingerprint density at radius 2 is 1.96 bits per heavy atom. The van der Waals surface area contributed by atoms with Gasteiger partial charge < -0.3 is 24.8 Å². The maximum Gasteiger partial charge on any atom is 0.410 e. The van der Waals surface area contributed by atoms with Crippen molar-refractivity contribution < 1.29 is 23.8 Å². The Morgan fingerprint density at radius 3 is 2.52 bits per heavy atom. The van der Waals surface area contributed by atoms with Crippen molar-refractivity contribution >= 4 is 35.2 Å². The average molecular weight is 419 g/mol. The zero-order chi connectivity index (χ0) is 20.4. The smallest absolute Gasteiger partial charge is 0.410 e. The summed E-state index contributed by atoms with van der Waals surface area (Å²) in [6.07, 6.45) is -0.275. The molecule has 1 aromatic rings. The fraction of sp³-hybridized carbons (Fsp3) is 0.556. The second-order valence-corrected chi connectivity index (χ2v) is 8.09. The van der Waals surface area contributed by atoms with Gasteiger partial charge in [-0.25, -0.2) is 4.79 Å². The van der Waals surface area contributed by atoms with Gasteiger partial charge in [-0.1, -0.05) is 23.2 Å². The summed E-state index contributed by atoms with van der Waals surface area (Å²) in [6.45, 7) is 5.41. The molecule has 0 spiro atoms. The minimum absolute atomic E-state index is 0.0105. The fourth-order valence-corrected chi connectivity index (χ4v) is 3.39. The number of carbonyl (C=O) groups is 2. The Bertz CT molecular complexity index is 720. The summed E-state index contributed by atoms with van der Waals surface area (Å²) in [5.74, 6) is -0.619. The number of methoxy groups -OCH3 is 1. The maximum atomic E-state index is 12.7. The van der Waals surface area contributed by atoms with Crippen LogP contribution in [0.4, 0.5) is 4.79 Å². The van der Waals surface area contributed by atoms with E-state index in [2.05, 4.69) is 0 Å². The zero-order valence-electron chi connectivity index (χ0n) is 15.8. The molecule has 0 saturated carbocycles. The number of benzene rings is 1. The van der Waals surface area contributed by atoms with Crippen LogP contribution >= 0.6 is 23.2 Å². The molecular formula is C18H24Cl2N2O5. The molecule has 2 amide bonds. The number of primary amides is 1. The van der Waals surface area contributed by atoms with Gasteiger partial charge in [-0.2, -0.15) is 0 Å². The molecule has 1 saturated heterocycles. The third-order valence-electron chi connectivity index (χ3n) is 4.09. The van der Waals surface area contributed by atoms with Crippen molar-refractivity contribution in [3.8, 4) is 5.75 Å². The van der Waals surface area contributed by atoms with Gasteiger partial charge in [0.15, 0.2) is 6.79 Å². The van der Waals surface area contributed by atoms with Crippen molar-refractivity contribution in [2.45, 2.75) is 38.8 Å². The van der Waals surface area contributed by atoms with Gasteiger partial charge in [-0.05, 0) is 39.3 Å². The number of hydrogen-bond acceptors (Lipinski definition) is 5. The lowest BCUT2D eigenvalue weighted by molar-refractivity contribution is -0.121. The summed E-state index contributed by atoms with van der Waals surface area (Å²) in [6, 6.07) is 2.67. The Morgan fingerprint density at radius 1 is 1.30 bits per heavy atom. The molecule has 1 aliphatic rings. The lowest BCUT2D eigenvalue weighted by atomic mass is 9.98. The van der Waals surface area contributed by atoms with Crippen LogP contribution < -0.4 is 10.5 Å². The third kappa shape index (κ3) is 5.18. The second kappa shape index (κ2) is 8.54. The molecule has 2 unspecified atom stereocenters. The van der Waals surface area contributed by atoms with Gasteiger partial charge in [-0.15, -0.1) is 0 Å². The summed E-state index contributed by atoms with van der Waals surface area (Å²) in [5.41, 5.74) is 5.29. The van der Waals surface area contributed by atoms with E-state index >= 15 is 0 Å². The highest BCUT2D eigenvalue weighted by atomic mass is 35.5. The Kier molecular flexibility index (Phi) is 6.83. The molecule has 0 aliphatic carbocycles. The summed E-state index contributed by atoms with van der Waals surface area (Å²) in [4.78, 5) is 26.0.